The molecule has 10 heteroatoms. The summed E-state index contributed by atoms with van der Waals surface area (Å²) >= 11 is 0. The molecule has 3 aromatic carbocycles. The van der Waals surface area contributed by atoms with Gasteiger partial charge in [-0.3, -0.25) is 14.5 Å². The van der Waals surface area contributed by atoms with E-state index in [2.05, 4.69) is 15.3 Å². The van der Waals surface area contributed by atoms with Crippen LogP contribution in [-0.4, -0.2) is 52.1 Å². The molecule has 0 radical (unpaired) electrons. The van der Waals surface area contributed by atoms with E-state index in [4.69, 9.17) is 15.6 Å². The van der Waals surface area contributed by atoms with Gasteiger partial charge in [0.2, 0.25) is 0 Å². The molecule has 0 unspecified atom stereocenters. The number of hydrogen-bond acceptors (Lipinski definition) is 7. The number of anilines is 2. The molecule has 0 spiro atoms. The first-order chi connectivity index (χ1) is 19.7. The fourth-order valence-corrected chi connectivity index (χ4v) is 5.17. The molecule has 1 aliphatic heterocycles. The number of carbonyl (C=O) groups is 2. The number of nitrogens with two attached hydrogens (primary N) is 1. The molecule has 2 heterocycles. The SMILES string of the molecule is COc1cc(-c2cccc(-c3cccc(NC(=O)c4cc(N)ncn4)c3C)c2C)cc(F)c1CN1CC(C(=O)O)C1. The second-order valence-corrected chi connectivity index (χ2v) is 10.1. The third-order valence-electron chi connectivity index (χ3n) is 7.50. The van der Waals surface area contributed by atoms with Crippen LogP contribution in [0.15, 0.2) is 60.9 Å². The zero-order chi connectivity index (χ0) is 29.3. The summed E-state index contributed by atoms with van der Waals surface area (Å²) in [5, 5.41) is 12.0. The Labute approximate surface area is 236 Å². The molecule has 1 fully saturated rings. The van der Waals surface area contributed by atoms with Gasteiger partial charge in [-0.2, -0.15) is 0 Å². The minimum atomic E-state index is -0.835. The molecule has 9 nitrogen and oxygen atoms in total. The summed E-state index contributed by atoms with van der Waals surface area (Å²) in [7, 11) is 1.50. The first-order valence-electron chi connectivity index (χ1n) is 13.1. The predicted octanol–water partition coefficient (Wildman–Crippen LogP) is 4.93. The highest BCUT2D eigenvalue weighted by molar-refractivity contribution is 6.04. The summed E-state index contributed by atoms with van der Waals surface area (Å²) in [5.74, 6) is -1.45. The Hall–Kier alpha value is -4.83. The number of methoxy groups -OCH3 is 1. The highest BCUT2D eigenvalue weighted by Gasteiger charge is 2.33. The van der Waals surface area contributed by atoms with Crippen molar-refractivity contribution in [1.82, 2.24) is 14.9 Å². The second-order valence-electron chi connectivity index (χ2n) is 10.1. The summed E-state index contributed by atoms with van der Waals surface area (Å²) in [6.07, 6.45) is 1.24. The molecule has 1 saturated heterocycles. The van der Waals surface area contributed by atoms with Crippen LogP contribution in [0, 0.1) is 25.6 Å². The molecule has 41 heavy (non-hydrogen) atoms. The van der Waals surface area contributed by atoms with Crippen LogP contribution >= 0.6 is 0 Å². The van der Waals surface area contributed by atoms with E-state index in [-0.39, 0.29) is 18.1 Å². The molecule has 0 saturated carbocycles. The van der Waals surface area contributed by atoms with E-state index in [9.17, 15) is 9.59 Å². The van der Waals surface area contributed by atoms with Crippen molar-refractivity contribution >= 4 is 23.4 Å². The normalized spacial score (nSPS) is 13.5. The number of halogens is 1. The molecule has 0 aliphatic carbocycles. The molecular weight excluding hydrogens is 525 g/mol. The molecule has 210 valence electrons. The van der Waals surface area contributed by atoms with Crippen molar-refractivity contribution < 1.29 is 23.8 Å². The van der Waals surface area contributed by atoms with E-state index < -0.39 is 23.6 Å². The largest absolute Gasteiger partial charge is 0.496 e. The lowest BCUT2D eigenvalue weighted by molar-refractivity contribution is -0.147. The van der Waals surface area contributed by atoms with E-state index in [1.54, 1.807) is 0 Å². The van der Waals surface area contributed by atoms with Crippen molar-refractivity contribution in [3.63, 3.8) is 0 Å². The number of likely N-dealkylation sites (tertiary alicyclic amines) is 1. The van der Waals surface area contributed by atoms with Crippen molar-refractivity contribution in [3.05, 3.63) is 89.1 Å². The number of hydrogen-bond donors (Lipinski definition) is 3. The maximum absolute atomic E-state index is 15.4. The van der Waals surface area contributed by atoms with Crippen LogP contribution in [0.1, 0.15) is 27.2 Å². The third-order valence-corrected chi connectivity index (χ3v) is 7.50. The standard InChI is InChI=1S/C31H30FN5O4/c1-17-21(19-10-25(32)24(28(11-19)41-3)15-37-13-20(14-37)31(39)40)6-4-7-22(17)23-8-5-9-26(18(23)2)36-30(38)27-12-29(33)35-16-34-27/h4-12,16,20H,13-15H2,1-3H3,(H,36,38)(H,39,40)(H2,33,34,35). The number of carboxylic acids is 1. The van der Waals surface area contributed by atoms with Gasteiger partial charge in [0.05, 0.1) is 13.0 Å². The van der Waals surface area contributed by atoms with Crippen molar-refractivity contribution in [2.45, 2.75) is 20.4 Å². The lowest BCUT2D eigenvalue weighted by atomic mass is 9.90. The number of carbonyl (C=O) groups excluding carboxylic acids is 1. The first-order valence-corrected chi connectivity index (χ1v) is 13.1. The minimum Gasteiger partial charge on any atom is -0.496 e. The number of nitrogen functional groups attached to an aromatic ring is 1. The van der Waals surface area contributed by atoms with Crippen LogP contribution in [0.2, 0.25) is 0 Å². The number of nitrogens with one attached hydrogen (secondary N) is 1. The fraction of sp³-hybridized carbons (Fsp3) is 0.226. The number of nitrogens with zero attached hydrogens (tertiary/aromatic N) is 3. The lowest BCUT2D eigenvalue weighted by Gasteiger charge is -2.36. The van der Waals surface area contributed by atoms with Gasteiger partial charge in [-0.15, -0.1) is 0 Å². The molecule has 4 N–H and O–H groups in total. The maximum Gasteiger partial charge on any atom is 0.309 e. The van der Waals surface area contributed by atoms with Gasteiger partial charge >= 0.3 is 5.97 Å². The smallest absolute Gasteiger partial charge is 0.309 e. The predicted molar refractivity (Wildman–Crippen MR) is 154 cm³/mol. The Morgan fingerprint density at radius 3 is 2.41 bits per heavy atom. The molecule has 0 atom stereocenters. The van der Waals surface area contributed by atoms with Crippen LogP contribution < -0.4 is 15.8 Å². The van der Waals surface area contributed by atoms with Crippen LogP contribution in [0.4, 0.5) is 15.9 Å². The van der Waals surface area contributed by atoms with Gasteiger partial charge in [0.15, 0.2) is 0 Å². The number of aromatic nitrogens is 2. The van der Waals surface area contributed by atoms with Crippen molar-refractivity contribution in [1.29, 1.82) is 0 Å². The highest BCUT2D eigenvalue weighted by atomic mass is 19.1. The lowest BCUT2D eigenvalue weighted by Crippen LogP contribution is -2.49. The summed E-state index contributed by atoms with van der Waals surface area (Å²) in [4.78, 5) is 33.6. The number of rotatable bonds is 8. The van der Waals surface area contributed by atoms with Crippen molar-refractivity contribution in [3.8, 4) is 28.0 Å². The maximum atomic E-state index is 15.4. The van der Waals surface area contributed by atoms with Gasteiger partial charge in [0, 0.05) is 37.0 Å². The monoisotopic (exact) mass is 555 g/mol. The van der Waals surface area contributed by atoms with Crippen LogP contribution in [0.5, 0.6) is 5.75 Å². The fourth-order valence-electron chi connectivity index (χ4n) is 5.17. The zero-order valence-electron chi connectivity index (χ0n) is 22.9. The topological polar surface area (TPSA) is 131 Å². The number of carboxylic acid groups (broad SMARTS) is 1. The number of ether oxygens (including phenoxy) is 1. The number of aliphatic carboxylic acids is 1. The molecule has 1 amide bonds. The third kappa shape index (κ3) is 5.59. The van der Waals surface area contributed by atoms with Gasteiger partial charge in [0.25, 0.3) is 5.91 Å². The summed E-state index contributed by atoms with van der Waals surface area (Å²) in [5.41, 5.74) is 12.0. The Morgan fingerprint density at radius 2 is 1.73 bits per heavy atom. The molecule has 4 aromatic rings. The van der Waals surface area contributed by atoms with Crippen LogP contribution in [-0.2, 0) is 11.3 Å². The molecular formula is C31H30FN5O4. The number of benzene rings is 3. The average molecular weight is 556 g/mol. The summed E-state index contributed by atoms with van der Waals surface area (Å²) in [6.45, 7) is 4.94. The highest BCUT2D eigenvalue weighted by Crippen LogP contribution is 2.38. The zero-order valence-corrected chi connectivity index (χ0v) is 22.9. The molecule has 1 aromatic heterocycles. The summed E-state index contributed by atoms with van der Waals surface area (Å²) < 4.78 is 21.0. The number of amides is 1. The van der Waals surface area contributed by atoms with Gasteiger partial charge in [0.1, 0.15) is 29.4 Å². The van der Waals surface area contributed by atoms with Gasteiger partial charge in [-0.05, 0) is 65.4 Å². The first kappa shape index (κ1) is 27.7. The van der Waals surface area contributed by atoms with E-state index in [0.717, 1.165) is 27.8 Å². The molecule has 1 aliphatic rings. The Bertz CT molecular complexity index is 1650. The van der Waals surface area contributed by atoms with E-state index in [0.29, 0.717) is 35.7 Å². The molecule has 0 bridgehead atoms. The van der Waals surface area contributed by atoms with Gasteiger partial charge < -0.3 is 20.9 Å². The minimum absolute atomic E-state index is 0.163. The van der Waals surface area contributed by atoms with E-state index in [1.165, 1.54) is 25.6 Å². The Morgan fingerprint density at radius 1 is 1.05 bits per heavy atom. The average Bonchev–Trinajstić information content (AvgIpc) is 2.92. The van der Waals surface area contributed by atoms with Gasteiger partial charge in [-0.25, -0.2) is 14.4 Å². The Balaban J connectivity index is 1.44. The van der Waals surface area contributed by atoms with Crippen LogP contribution in [0.25, 0.3) is 22.3 Å². The van der Waals surface area contributed by atoms with Gasteiger partial charge in [-0.1, -0.05) is 30.3 Å². The summed E-state index contributed by atoms with van der Waals surface area (Å²) in [6, 6.07) is 16.2. The Kier molecular flexibility index (Phi) is 7.67. The van der Waals surface area contributed by atoms with E-state index in [1.807, 2.05) is 61.2 Å². The molecule has 5 rings (SSSR count). The van der Waals surface area contributed by atoms with E-state index >= 15 is 4.39 Å². The quantitative estimate of drug-likeness (QED) is 0.279. The van der Waals surface area contributed by atoms with Crippen LogP contribution in [0.3, 0.4) is 0 Å². The van der Waals surface area contributed by atoms with Crippen molar-refractivity contribution in [2.24, 2.45) is 5.92 Å². The second kappa shape index (κ2) is 11.3. The van der Waals surface area contributed by atoms with Crippen molar-refractivity contribution in [2.75, 3.05) is 31.2 Å².